The van der Waals surface area contributed by atoms with Gasteiger partial charge >= 0.3 is 11.9 Å². The van der Waals surface area contributed by atoms with Gasteiger partial charge in [-0.2, -0.15) is 0 Å². The van der Waals surface area contributed by atoms with E-state index in [1.807, 2.05) is 0 Å². The van der Waals surface area contributed by atoms with E-state index in [9.17, 15) is 19.8 Å². The third-order valence-corrected chi connectivity index (χ3v) is 7.73. The van der Waals surface area contributed by atoms with Gasteiger partial charge < -0.3 is 10.2 Å². The van der Waals surface area contributed by atoms with Crippen molar-refractivity contribution in [3.63, 3.8) is 0 Å². The summed E-state index contributed by atoms with van der Waals surface area (Å²) in [4.78, 5) is 18.5. The van der Waals surface area contributed by atoms with Gasteiger partial charge in [-0.15, -0.1) is 23.2 Å². The normalized spacial score (nSPS) is 43.7. The molecule has 0 saturated heterocycles. The first-order chi connectivity index (χ1) is 8.45. The van der Waals surface area contributed by atoms with Crippen LogP contribution in [0.5, 0.6) is 0 Å². The molecule has 4 nitrogen and oxygen atoms in total. The Labute approximate surface area is 137 Å². The number of carboxylic acids is 2. The third-order valence-electron chi connectivity index (χ3n) is 3.47. The van der Waals surface area contributed by atoms with Gasteiger partial charge in [-0.05, 0) is 0 Å². The second-order valence-electron chi connectivity index (χ2n) is 4.26. The van der Waals surface area contributed by atoms with E-state index in [1.54, 1.807) is 0 Å². The molecule has 2 rings (SSSR count). The molecule has 2 bridgehead atoms. The Kier molecular flexibility index (Phi) is 3.50. The van der Waals surface area contributed by atoms with Gasteiger partial charge in [0.1, 0.15) is 9.75 Å². The first kappa shape index (κ1) is 15.8. The van der Waals surface area contributed by atoms with Crippen LogP contribution in [-0.2, 0) is 9.59 Å². The van der Waals surface area contributed by atoms with Gasteiger partial charge in [-0.1, -0.05) is 46.4 Å². The summed E-state index contributed by atoms with van der Waals surface area (Å²) in [5.74, 6) is -6.49. The van der Waals surface area contributed by atoms with E-state index in [-0.39, 0.29) is 10.1 Å². The van der Waals surface area contributed by atoms with Crippen LogP contribution < -0.4 is 0 Å². The van der Waals surface area contributed by atoms with Crippen LogP contribution in [0.2, 0.25) is 0 Å². The first-order valence-corrected chi connectivity index (χ1v) is 7.00. The summed E-state index contributed by atoms with van der Waals surface area (Å²) in [6.07, 6.45) is 0. The number of allylic oxidation sites excluding steroid dienone is 2. The summed E-state index contributed by atoms with van der Waals surface area (Å²) in [6, 6.07) is 0. The molecule has 0 aromatic carbocycles. The lowest BCUT2D eigenvalue weighted by molar-refractivity contribution is -0.153. The van der Waals surface area contributed by atoms with E-state index in [2.05, 4.69) is 0 Å². The average Bonchev–Trinajstić information content (AvgIpc) is 2.48. The highest BCUT2D eigenvalue weighted by Gasteiger charge is 2.85. The van der Waals surface area contributed by atoms with Crippen LogP contribution in [-0.4, -0.2) is 36.2 Å². The Morgan fingerprint density at radius 1 is 0.842 bits per heavy atom. The zero-order valence-electron chi connectivity index (χ0n) is 8.63. The van der Waals surface area contributed by atoms with Gasteiger partial charge in [-0.25, -0.2) is 0 Å². The molecule has 0 amide bonds. The van der Waals surface area contributed by atoms with E-state index in [1.165, 1.54) is 0 Å². The maximum atomic E-state index is 11.3. The summed E-state index contributed by atoms with van der Waals surface area (Å²) >= 11 is 36.2. The number of aliphatic carboxylic acids is 2. The van der Waals surface area contributed by atoms with Crippen LogP contribution in [0, 0.1) is 11.8 Å². The lowest BCUT2D eigenvalue weighted by Gasteiger charge is -2.31. The number of hydrogen-bond donors (Lipinski definition) is 2. The molecule has 0 aliphatic heterocycles. The van der Waals surface area contributed by atoms with Crippen molar-refractivity contribution in [2.24, 2.45) is 11.8 Å². The Morgan fingerprint density at radius 2 is 1.11 bits per heavy atom. The number of hydrogen-bond acceptors (Lipinski definition) is 2. The second kappa shape index (κ2) is 4.21. The van der Waals surface area contributed by atoms with Crippen LogP contribution in [0.3, 0.4) is 0 Å². The molecule has 2 aliphatic rings. The monoisotopic (exact) mass is 386 g/mol. The maximum Gasteiger partial charge on any atom is 0.309 e. The Morgan fingerprint density at radius 3 is 1.32 bits per heavy atom. The Balaban J connectivity index is 2.84. The predicted molar refractivity (Wildman–Crippen MR) is 72.6 cm³/mol. The SMILES string of the molecule is O=C(O)[C@@H]1[C@@H](C(=O)O)[C@]2(Cl)C(Cl)=C(Cl)[C@]1(Cl)C2(Cl)Cl. The highest BCUT2D eigenvalue weighted by molar-refractivity contribution is 6.66. The van der Waals surface area contributed by atoms with Crippen molar-refractivity contribution in [2.75, 3.05) is 0 Å². The van der Waals surface area contributed by atoms with E-state index in [0.717, 1.165) is 0 Å². The molecular weight excluding hydrogens is 385 g/mol. The quantitative estimate of drug-likeness (QED) is 0.712. The van der Waals surface area contributed by atoms with Gasteiger partial charge in [0, 0.05) is 0 Å². The number of fused-ring (bicyclic) bond motifs is 2. The minimum Gasteiger partial charge on any atom is -0.481 e. The topological polar surface area (TPSA) is 74.6 Å². The number of carbonyl (C=O) groups is 2. The number of rotatable bonds is 2. The van der Waals surface area contributed by atoms with Crippen molar-refractivity contribution in [3.8, 4) is 0 Å². The molecular formula is C9H4Cl6O4. The average molecular weight is 389 g/mol. The number of carboxylic acid groups (broad SMARTS) is 2. The highest BCUT2D eigenvalue weighted by Crippen LogP contribution is 2.76. The lowest BCUT2D eigenvalue weighted by Crippen LogP contribution is -2.45. The summed E-state index contributed by atoms with van der Waals surface area (Å²) in [6.45, 7) is 0. The molecule has 0 aromatic rings. The van der Waals surface area contributed by atoms with Crippen molar-refractivity contribution < 1.29 is 19.8 Å². The van der Waals surface area contributed by atoms with Crippen LogP contribution in [0.15, 0.2) is 10.1 Å². The second-order valence-corrected chi connectivity index (χ2v) is 7.53. The molecule has 0 heterocycles. The van der Waals surface area contributed by atoms with Crippen molar-refractivity contribution in [3.05, 3.63) is 10.1 Å². The van der Waals surface area contributed by atoms with E-state index in [4.69, 9.17) is 69.6 Å². The molecule has 0 aromatic heterocycles. The highest BCUT2D eigenvalue weighted by atomic mass is 35.5. The fraction of sp³-hybridized carbons (Fsp3) is 0.556. The smallest absolute Gasteiger partial charge is 0.309 e. The van der Waals surface area contributed by atoms with Crippen LogP contribution in [0.25, 0.3) is 0 Å². The minimum absolute atomic E-state index is 0.347. The van der Waals surface area contributed by atoms with E-state index >= 15 is 0 Å². The predicted octanol–water partition coefficient (Wildman–Crippen LogP) is 3.23. The molecule has 10 heteroatoms. The minimum atomic E-state index is -2.18. The van der Waals surface area contributed by atoms with Crippen LogP contribution in [0.1, 0.15) is 0 Å². The van der Waals surface area contributed by atoms with Crippen molar-refractivity contribution in [1.82, 2.24) is 0 Å². The van der Waals surface area contributed by atoms with Gasteiger partial charge in [0.05, 0.1) is 21.9 Å². The zero-order valence-corrected chi connectivity index (χ0v) is 13.2. The van der Waals surface area contributed by atoms with E-state index in [0.29, 0.717) is 0 Å². The fourth-order valence-corrected chi connectivity index (χ4v) is 5.54. The molecule has 1 saturated carbocycles. The van der Waals surface area contributed by atoms with Gasteiger partial charge in [0.15, 0.2) is 4.33 Å². The molecule has 2 aliphatic carbocycles. The fourth-order valence-electron chi connectivity index (χ4n) is 2.61. The van der Waals surface area contributed by atoms with Crippen molar-refractivity contribution in [1.29, 1.82) is 0 Å². The van der Waals surface area contributed by atoms with Crippen molar-refractivity contribution >= 4 is 81.5 Å². The third kappa shape index (κ3) is 1.46. The molecule has 106 valence electrons. The summed E-state index contributed by atoms with van der Waals surface area (Å²) in [5, 5.41) is 17.8. The summed E-state index contributed by atoms with van der Waals surface area (Å²) < 4.78 is -2.18. The van der Waals surface area contributed by atoms with Gasteiger partial charge in [0.2, 0.25) is 0 Å². The van der Waals surface area contributed by atoms with Crippen LogP contribution in [0.4, 0.5) is 0 Å². The molecule has 4 atom stereocenters. The maximum absolute atomic E-state index is 11.3. The molecule has 0 spiro atoms. The molecule has 19 heavy (non-hydrogen) atoms. The number of halogens is 6. The number of alkyl halides is 4. The molecule has 0 unspecified atom stereocenters. The van der Waals surface area contributed by atoms with Gasteiger partial charge in [0.25, 0.3) is 0 Å². The van der Waals surface area contributed by atoms with Crippen molar-refractivity contribution in [2.45, 2.75) is 14.1 Å². The summed E-state index contributed by atoms with van der Waals surface area (Å²) in [7, 11) is 0. The van der Waals surface area contributed by atoms with Crippen LogP contribution >= 0.6 is 69.6 Å². The zero-order chi connectivity index (χ0) is 15.0. The first-order valence-electron chi connectivity index (χ1n) is 4.73. The Hall–Kier alpha value is 0.420. The van der Waals surface area contributed by atoms with E-state index < -0.39 is 37.9 Å². The molecule has 1 fully saturated rings. The summed E-state index contributed by atoms with van der Waals surface area (Å²) in [5.41, 5.74) is 0. The molecule has 2 N–H and O–H groups in total. The standard InChI is InChI=1S/C9H4Cl6O4/c10-3-4(11)8(13)2(6(18)19)1(5(16)17)7(3,12)9(8,14)15/h1-2H,(H,16,17)(H,18,19)/t1-,2-,7-,8-/m0/s1. The Bertz CT molecular complexity index is 487. The van der Waals surface area contributed by atoms with Gasteiger partial charge in [-0.3, -0.25) is 9.59 Å². The molecule has 0 radical (unpaired) electrons. The lowest BCUT2D eigenvalue weighted by atomic mass is 9.82. The largest absolute Gasteiger partial charge is 0.481 e.